The van der Waals surface area contributed by atoms with Gasteiger partial charge in [0.2, 0.25) is 0 Å². The average molecular weight is 505 g/mol. The van der Waals surface area contributed by atoms with Crippen LogP contribution >= 0.6 is 15.9 Å². The minimum Gasteiger partial charge on any atom is -0.492 e. The predicted molar refractivity (Wildman–Crippen MR) is 135 cm³/mol. The van der Waals surface area contributed by atoms with E-state index in [-0.39, 0.29) is 5.41 Å². The highest BCUT2D eigenvalue weighted by Gasteiger charge is 2.34. The van der Waals surface area contributed by atoms with Crippen molar-refractivity contribution >= 4 is 33.0 Å². The Kier molecular flexibility index (Phi) is 8.69. The maximum atomic E-state index is 15.2. The summed E-state index contributed by atoms with van der Waals surface area (Å²) in [5, 5.41) is 8.87. The van der Waals surface area contributed by atoms with Crippen molar-refractivity contribution in [3.63, 3.8) is 0 Å². The number of carbonyl (C=O) groups is 1. The van der Waals surface area contributed by atoms with E-state index in [1.807, 2.05) is 6.92 Å². The third-order valence-corrected chi connectivity index (χ3v) is 6.48. The Morgan fingerprint density at radius 2 is 1.97 bits per heavy atom. The second-order valence-electron chi connectivity index (χ2n) is 9.27. The lowest BCUT2D eigenvalue weighted by Gasteiger charge is -2.36. The second kappa shape index (κ2) is 10.7. The van der Waals surface area contributed by atoms with Crippen LogP contribution in [0.1, 0.15) is 78.0 Å². The van der Waals surface area contributed by atoms with Gasteiger partial charge in [0, 0.05) is 11.6 Å². The van der Waals surface area contributed by atoms with E-state index in [9.17, 15) is 4.79 Å². The van der Waals surface area contributed by atoms with Gasteiger partial charge in [-0.05, 0) is 93.9 Å². The molecule has 1 aromatic rings. The van der Waals surface area contributed by atoms with Crippen molar-refractivity contribution in [1.29, 1.82) is 0 Å². The van der Waals surface area contributed by atoms with E-state index in [0.717, 1.165) is 29.0 Å². The fraction of sp³-hybridized carbons (Fsp3) is 0.444. The first-order valence-electron chi connectivity index (χ1n) is 11.1. The highest BCUT2D eigenvalue weighted by molar-refractivity contribution is 9.10. The van der Waals surface area contributed by atoms with Gasteiger partial charge < -0.3 is 9.84 Å². The summed E-state index contributed by atoms with van der Waals surface area (Å²) in [5.41, 5.74) is 5.11. The molecule has 0 fully saturated rings. The van der Waals surface area contributed by atoms with Crippen molar-refractivity contribution in [2.75, 3.05) is 6.61 Å². The van der Waals surface area contributed by atoms with Crippen LogP contribution in [0, 0.1) is 5.92 Å². The van der Waals surface area contributed by atoms with Crippen LogP contribution in [0.3, 0.4) is 0 Å². The smallest absolute Gasteiger partial charge is 0.328 e. The molecule has 2 rings (SSSR count). The van der Waals surface area contributed by atoms with Gasteiger partial charge >= 0.3 is 5.97 Å². The van der Waals surface area contributed by atoms with E-state index in [1.165, 1.54) is 23.3 Å². The van der Waals surface area contributed by atoms with Crippen LogP contribution in [0.25, 0.3) is 11.1 Å². The molecule has 3 nitrogen and oxygen atoms in total. The Morgan fingerprint density at radius 3 is 2.53 bits per heavy atom. The van der Waals surface area contributed by atoms with Crippen molar-refractivity contribution in [2.24, 2.45) is 5.92 Å². The lowest BCUT2D eigenvalue weighted by atomic mass is 9.70. The van der Waals surface area contributed by atoms with Gasteiger partial charge in [-0.15, -0.1) is 0 Å². The maximum Gasteiger partial charge on any atom is 0.328 e. The van der Waals surface area contributed by atoms with Crippen molar-refractivity contribution < 1.29 is 19.0 Å². The SMILES string of the molecule is CCCOc1c(\C(C)=C(F)/C=C/C(C)=C\C(=O)O)cc2c(c1Br)C(C)(C)CC=C2C(C)C. The van der Waals surface area contributed by atoms with E-state index in [1.54, 1.807) is 13.8 Å². The van der Waals surface area contributed by atoms with E-state index in [0.29, 0.717) is 35.0 Å². The molecule has 0 radical (unpaired) electrons. The third-order valence-electron chi connectivity index (χ3n) is 5.72. The highest BCUT2D eigenvalue weighted by Crippen LogP contribution is 2.50. The van der Waals surface area contributed by atoms with Crippen molar-refractivity contribution in [1.82, 2.24) is 0 Å². The van der Waals surface area contributed by atoms with Crippen LogP contribution in [0.15, 0.2) is 46.2 Å². The number of hydrogen-bond donors (Lipinski definition) is 1. The summed E-state index contributed by atoms with van der Waals surface area (Å²) in [4.78, 5) is 10.8. The first-order valence-corrected chi connectivity index (χ1v) is 11.9. The Morgan fingerprint density at radius 1 is 1.31 bits per heavy atom. The predicted octanol–water partition coefficient (Wildman–Crippen LogP) is 8.25. The Balaban J connectivity index is 2.75. The van der Waals surface area contributed by atoms with Gasteiger partial charge in [-0.1, -0.05) is 46.8 Å². The molecule has 5 heteroatoms. The summed E-state index contributed by atoms with van der Waals surface area (Å²) in [7, 11) is 0. The zero-order valence-corrected chi connectivity index (χ0v) is 21.7. The molecular weight excluding hydrogens is 471 g/mol. The van der Waals surface area contributed by atoms with Gasteiger partial charge in [-0.3, -0.25) is 0 Å². The zero-order chi connectivity index (χ0) is 24.2. The quantitative estimate of drug-likeness (QED) is 0.286. The van der Waals surface area contributed by atoms with Crippen molar-refractivity contribution in [2.45, 2.75) is 66.7 Å². The third kappa shape index (κ3) is 5.80. The summed E-state index contributed by atoms with van der Waals surface area (Å²) in [6.45, 7) is 14.7. The molecule has 0 saturated carbocycles. The van der Waals surface area contributed by atoms with E-state index in [2.05, 4.69) is 55.8 Å². The standard InChI is InChI=1S/C27H34BrFO3/c1-8-13-32-26-20(18(5)22(29)10-9-17(4)14-23(30)31)15-21-19(16(2)3)11-12-27(6,7)24(21)25(26)28/h9-11,14-16H,8,12-13H2,1-7H3,(H,30,31)/b10-9+,17-14-,22-18+. The van der Waals surface area contributed by atoms with Crippen LogP contribution in [-0.2, 0) is 10.2 Å². The molecule has 1 aliphatic carbocycles. The fourth-order valence-corrected chi connectivity index (χ4v) is 5.05. The summed E-state index contributed by atoms with van der Waals surface area (Å²) in [5.74, 6) is -0.494. The monoisotopic (exact) mass is 504 g/mol. The van der Waals surface area contributed by atoms with E-state index < -0.39 is 11.8 Å². The van der Waals surface area contributed by atoms with Gasteiger partial charge in [0.15, 0.2) is 0 Å². The largest absolute Gasteiger partial charge is 0.492 e. The van der Waals surface area contributed by atoms with E-state index >= 15 is 4.39 Å². The first kappa shape index (κ1) is 26.1. The Hall–Kier alpha value is -2.14. The molecule has 0 heterocycles. The van der Waals surface area contributed by atoms with Crippen LogP contribution in [0.2, 0.25) is 0 Å². The first-order chi connectivity index (χ1) is 14.9. The number of allylic oxidation sites excluding steroid dienone is 7. The zero-order valence-electron chi connectivity index (χ0n) is 20.1. The summed E-state index contributed by atoms with van der Waals surface area (Å²) < 4.78 is 22.2. The average Bonchev–Trinajstić information content (AvgIpc) is 2.69. The number of fused-ring (bicyclic) bond motifs is 1. The van der Waals surface area contributed by atoms with Crippen LogP contribution < -0.4 is 4.74 Å². The lowest BCUT2D eigenvalue weighted by Crippen LogP contribution is -2.24. The molecule has 0 bridgehead atoms. The molecule has 1 aromatic carbocycles. The number of hydrogen-bond acceptors (Lipinski definition) is 2. The van der Waals surface area contributed by atoms with Crippen LogP contribution in [0.5, 0.6) is 5.75 Å². The number of carboxylic acid groups (broad SMARTS) is 1. The second-order valence-corrected chi connectivity index (χ2v) is 10.1. The topological polar surface area (TPSA) is 46.5 Å². The number of aliphatic carboxylic acids is 1. The molecule has 0 aromatic heterocycles. The Labute approximate surface area is 199 Å². The van der Waals surface area contributed by atoms with Gasteiger partial charge in [0.05, 0.1) is 11.1 Å². The molecular formula is C27H34BrFO3. The number of rotatable bonds is 8. The van der Waals surface area contributed by atoms with Crippen molar-refractivity contribution in [3.05, 3.63) is 62.9 Å². The fourth-order valence-electron chi connectivity index (χ4n) is 3.97. The van der Waals surface area contributed by atoms with Crippen LogP contribution in [0.4, 0.5) is 4.39 Å². The van der Waals surface area contributed by atoms with Crippen molar-refractivity contribution in [3.8, 4) is 5.75 Å². The number of halogens is 2. The molecule has 0 saturated heterocycles. The summed E-state index contributed by atoms with van der Waals surface area (Å²) >= 11 is 3.82. The van der Waals surface area contributed by atoms with Gasteiger partial charge in [0.25, 0.3) is 0 Å². The molecule has 0 aliphatic heterocycles. The van der Waals surface area contributed by atoms with Gasteiger partial charge in [-0.25, -0.2) is 9.18 Å². The molecule has 1 aliphatic rings. The van der Waals surface area contributed by atoms with Crippen LogP contribution in [-0.4, -0.2) is 17.7 Å². The maximum absolute atomic E-state index is 15.2. The molecule has 0 amide bonds. The lowest BCUT2D eigenvalue weighted by molar-refractivity contribution is -0.131. The molecule has 0 unspecified atom stereocenters. The normalized spacial score (nSPS) is 16.7. The molecule has 1 N–H and O–H groups in total. The van der Waals surface area contributed by atoms with E-state index in [4.69, 9.17) is 9.84 Å². The molecule has 174 valence electrons. The summed E-state index contributed by atoms with van der Waals surface area (Å²) in [6, 6.07) is 2.06. The molecule has 0 atom stereocenters. The number of ether oxygens (including phenoxy) is 1. The summed E-state index contributed by atoms with van der Waals surface area (Å²) in [6.07, 6.45) is 7.89. The van der Waals surface area contributed by atoms with Gasteiger partial charge in [0.1, 0.15) is 11.6 Å². The minimum absolute atomic E-state index is 0.0792. The minimum atomic E-state index is -1.06. The highest BCUT2D eigenvalue weighted by atomic mass is 79.9. The Bertz CT molecular complexity index is 1010. The van der Waals surface area contributed by atoms with Gasteiger partial charge in [-0.2, -0.15) is 0 Å². The number of carboxylic acids is 1. The molecule has 32 heavy (non-hydrogen) atoms. The number of benzene rings is 1. The molecule has 0 spiro atoms.